The monoisotopic (exact) mass is 270 g/mol. The number of likely N-dealkylation sites (tertiary alicyclic amines) is 1. The molecule has 0 saturated carbocycles. The van der Waals surface area contributed by atoms with Gasteiger partial charge >= 0.3 is 0 Å². The summed E-state index contributed by atoms with van der Waals surface area (Å²) in [7, 11) is 1.30. The predicted molar refractivity (Wildman–Crippen MR) is 61.3 cm³/mol. The zero-order chi connectivity index (χ0) is 12.9. The summed E-state index contributed by atoms with van der Waals surface area (Å²) in [6.07, 6.45) is -0.159. The summed E-state index contributed by atoms with van der Waals surface area (Å²) < 4.78 is 14.8. The van der Waals surface area contributed by atoms with E-state index in [2.05, 4.69) is 0 Å². The number of halogens is 1. The molecule has 7 heteroatoms. The maximum atomic E-state index is 14.8. The van der Waals surface area contributed by atoms with Gasteiger partial charge in [0.1, 0.15) is 0 Å². The molecule has 1 aromatic heterocycles. The Morgan fingerprint density at radius 3 is 2.94 bits per heavy atom. The molecule has 1 unspecified atom stereocenters. The number of imide groups is 1. The summed E-state index contributed by atoms with van der Waals surface area (Å²) in [4.78, 5) is 29.5. The van der Waals surface area contributed by atoms with Gasteiger partial charge in [0.2, 0.25) is 5.91 Å². The van der Waals surface area contributed by atoms with E-state index in [-0.39, 0.29) is 25.3 Å². The molecule has 3 rings (SSSR count). The van der Waals surface area contributed by atoms with Crippen LogP contribution in [0.4, 0.5) is 4.39 Å². The maximum Gasteiger partial charge on any atom is 0.285 e. The summed E-state index contributed by atoms with van der Waals surface area (Å²) in [6, 6.07) is 0. The van der Waals surface area contributed by atoms with Crippen LogP contribution in [0.3, 0.4) is 0 Å². The lowest BCUT2D eigenvalue weighted by Gasteiger charge is -2.37. The van der Waals surface area contributed by atoms with Crippen LogP contribution in [0.1, 0.15) is 18.4 Å². The lowest BCUT2D eigenvalue weighted by atomic mass is 10.0. The van der Waals surface area contributed by atoms with Crippen LogP contribution in [0.25, 0.3) is 0 Å². The molecule has 1 atom stereocenters. The van der Waals surface area contributed by atoms with Gasteiger partial charge < -0.3 is 4.84 Å². The first kappa shape index (κ1) is 11.6. The Kier molecular flexibility index (Phi) is 2.43. The third-order valence-electron chi connectivity index (χ3n) is 3.30. The first-order valence-electron chi connectivity index (χ1n) is 5.53. The molecule has 0 aromatic carbocycles. The standard InChI is InChI=1S/C11H11FN2O3S/c1-13-9(15)2-3-11(12,10(13)16)14-4-7-5-18-6-8(7)17-14/h5-6H,2-4H2,1H3. The number of alkyl halides is 1. The van der Waals surface area contributed by atoms with Crippen LogP contribution in [-0.2, 0) is 16.1 Å². The second kappa shape index (κ2) is 3.76. The lowest BCUT2D eigenvalue weighted by molar-refractivity contribution is -0.217. The Morgan fingerprint density at radius 2 is 2.22 bits per heavy atom. The highest BCUT2D eigenvalue weighted by Crippen LogP contribution is 2.39. The van der Waals surface area contributed by atoms with Crippen molar-refractivity contribution in [3.8, 4) is 5.75 Å². The minimum atomic E-state index is -2.25. The maximum absolute atomic E-state index is 14.8. The molecule has 18 heavy (non-hydrogen) atoms. The zero-order valence-corrected chi connectivity index (χ0v) is 10.5. The number of amides is 2. The summed E-state index contributed by atoms with van der Waals surface area (Å²) in [6.45, 7) is 0.225. The molecule has 0 N–H and O–H groups in total. The van der Waals surface area contributed by atoms with Gasteiger partial charge in [0.05, 0.1) is 6.54 Å². The summed E-state index contributed by atoms with van der Waals surface area (Å²) in [5.41, 5.74) is 0.865. The fraction of sp³-hybridized carbons (Fsp3) is 0.455. The van der Waals surface area contributed by atoms with Crippen LogP contribution >= 0.6 is 11.3 Å². The Morgan fingerprint density at radius 1 is 1.44 bits per heavy atom. The molecule has 0 spiro atoms. The van der Waals surface area contributed by atoms with E-state index in [4.69, 9.17) is 4.84 Å². The normalized spacial score (nSPS) is 28.4. The second-order valence-corrected chi connectivity index (χ2v) is 5.15. The average Bonchev–Trinajstić information content (AvgIpc) is 2.92. The van der Waals surface area contributed by atoms with Crippen LogP contribution in [0, 0.1) is 0 Å². The van der Waals surface area contributed by atoms with Crippen molar-refractivity contribution in [3.63, 3.8) is 0 Å². The largest absolute Gasteiger partial charge is 0.401 e. The van der Waals surface area contributed by atoms with Crippen molar-refractivity contribution in [1.29, 1.82) is 0 Å². The minimum Gasteiger partial charge on any atom is -0.401 e. The molecule has 1 fully saturated rings. The quantitative estimate of drug-likeness (QED) is 0.570. The van der Waals surface area contributed by atoms with E-state index in [9.17, 15) is 14.0 Å². The predicted octanol–water partition coefficient (Wildman–Crippen LogP) is 1.30. The van der Waals surface area contributed by atoms with Gasteiger partial charge in [-0.25, -0.2) is 4.39 Å². The zero-order valence-electron chi connectivity index (χ0n) is 9.68. The third kappa shape index (κ3) is 1.47. The smallest absolute Gasteiger partial charge is 0.285 e. The molecule has 1 saturated heterocycles. The van der Waals surface area contributed by atoms with Crippen molar-refractivity contribution < 1.29 is 18.8 Å². The lowest BCUT2D eigenvalue weighted by Crippen LogP contribution is -2.60. The van der Waals surface area contributed by atoms with Crippen LogP contribution in [0.15, 0.2) is 10.8 Å². The number of hydrogen-bond acceptors (Lipinski definition) is 5. The fourth-order valence-electron chi connectivity index (χ4n) is 2.16. The van der Waals surface area contributed by atoms with E-state index >= 15 is 0 Å². The van der Waals surface area contributed by atoms with Gasteiger partial charge in [-0.3, -0.25) is 14.5 Å². The topological polar surface area (TPSA) is 49.9 Å². The van der Waals surface area contributed by atoms with Crippen LogP contribution in [0.5, 0.6) is 5.75 Å². The molecule has 96 valence electrons. The third-order valence-corrected chi connectivity index (χ3v) is 4.07. The number of likely N-dealkylation sites (N-methyl/N-ethyl adjacent to an activating group) is 1. The number of piperidine rings is 1. The number of hydrogen-bond donors (Lipinski definition) is 0. The minimum absolute atomic E-state index is 0.00540. The highest BCUT2D eigenvalue weighted by molar-refractivity contribution is 7.08. The van der Waals surface area contributed by atoms with E-state index in [1.807, 2.05) is 5.38 Å². The van der Waals surface area contributed by atoms with Crippen molar-refractivity contribution in [2.75, 3.05) is 7.05 Å². The first-order valence-corrected chi connectivity index (χ1v) is 6.47. The van der Waals surface area contributed by atoms with E-state index < -0.39 is 11.7 Å². The molecule has 3 heterocycles. The summed E-state index contributed by atoms with van der Waals surface area (Å²) >= 11 is 1.47. The SMILES string of the molecule is CN1C(=O)CCC(F)(N2Cc3cscc3O2)C1=O. The van der Waals surface area contributed by atoms with Gasteiger partial charge in [-0.1, -0.05) is 5.06 Å². The van der Waals surface area contributed by atoms with Crippen molar-refractivity contribution in [1.82, 2.24) is 9.96 Å². The molecule has 2 aliphatic rings. The highest BCUT2D eigenvalue weighted by Gasteiger charge is 2.54. The van der Waals surface area contributed by atoms with Gasteiger partial charge in [0, 0.05) is 30.8 Å². The Bertz CT molecular complexity index is 512. The molecular formula is C11H11FN2O3S. The first-order chi connectivity index (χ1) is 8.52. The molecule has 0 bridgehead atoms. The van der Waals surface area contributed by atoms with Crippen LogP contribution in [0.2, 0.25) is 0 Å². The Labute approximate surface area is 107 Å². The van der Waals surface area contributed by atoms with E-state index in [1.54, 1.807) is 5.38 Å². The van der Waals surface area contributed by atoms with Crippen molar-refractivity contribution >= 4 is 23.2 Å². The molecule has 0 aliphatic carbocycles. The molecule has 2 amide bonds. The van der Waals surface area contributed by atoms with Gasteiger partial charge in [0.15, 0.2) is 5.75 Å². The molecular weight excluding hydrogens is 259 g/mol. The molecule has 0 radical (unpaired) electrons. The van der Waals surface area contributed by atoms with E-state index in [1.165, 1.54) is 18.4 Å². The van der Waals surface area contributed by atoms with Gasteiger partial charge in [-0.15, -0.1) is 11.3 Å². The van der Waals surface area contributed by atoms with Crippen molar-refractivity contribution in [2.24, 2.45) is 0 Å². The van der Waals surface area contributed by atoms with E-state index in [0.29, 0.717) is 5.75 Å². The number of carbonyl (C=O) groups excluding carboxylic acids is 2. The summed E-state index contributed by atoms with van der Waals surface area (Å²) in [5.74, 6) is -2.88. The number of thiophene rings is 1. The van der Waals surface area contributed by atoms with Gasteiger partial charge in [-0.2, -0.15) is 0 Å². The number of nitrogens with zero attached hydrogens (tertiary/aromatic N) is 2. The fourth-order valence-corrected chi connectivity index (χ4v) is 2.90. The average molecular weight is 270 g/mol. The van der Waals surface area contributed by atoms with Crippen LogP contribution in [-0.4, -0.2) is 34.6 Å². The highest BCUT2D eigenvalue weighted by atomic mass is 32.1. The molecule has 5 nitrogen and oxygen atoms in total. The number of hydroxylamine groups is 2. The summed E-state index contributed by atoms with van der Waals surface area (Å²) in [5, 5.41) is 4.66. The molecule has 2 aliphatic heterocycles. The van der Waals surface area contributed by atoms with Gasteiger partial charge in [-0.05, 0) is 5.38 Å². The van der Waals surface area contributed by atoms with E-state index in [0.717, 1.165) is 15.5 Å². The molecule has 1 aromatic rings. The van der Waals surface area contributed by atoms with Crippen LogP contribution < -0.4 is 4.84 Å². The number of fused-ring (bicyclic) bond motifs is 1. The number of rotatable bonds is 1. The Balaban J connectivity index is 1.86. The Hall–Kier alpha value is -1.47. The number of carbonyl (C=O) groups is 2. The van der Waals surface area contributed by atoms with Gasteiger partial charge in [0.25, 0.3) is 11.7 Å². The van der Waals surface area contributed by atoms with Crippen molar-refractivity contribution in [2.45, 2.75) is 25.2 Å². The second-order valence-electron chi connectivity index (χ2n) is 4.41. The van der Waals surface area contributed by atoms with Crippen molar-refractivity contribution in [3.05, 3.63) is 16.3 Å².